The maximum Gasteiger partial charge on any atom is 0.164 e. The van der Waals surface area contributed by atoms with Crippen LogP contribution in [-0.2, 0) is 0 Å². The summed E-state index contributed by atoms with van der Waals surface area (Å²) in [7, 11) is 0. The topological polar surface area (TPSA) is 52.3 Å². The van der Waals surface area contributed by atoms with Gasteiger partial charge in [-0.15, -0.1) is 0 Å². The van der Waals surface area contributed by atoms with Gasteiger partial charge in [-0.25, -0.2) is 4.39 Å². The van der Waals surface area contributed by atoms with Gasteiger partial charge in [-0.1, -0.05) is 0 Å². The van der Waals surface area contributed by atoms with Crippen LogP contribution in [0.5, 0.6) is 5.75 Å². The van der Waals surface area contributed by atoms with Gasteiger partial charge in [0.2, 0.25) is 0 Å². The first-order valence-corrected chi connectivity index (χ1v) is 4.29. The van der Waals surface area contributed by atoms with E-state index in [4.69, 9.17) is 10.5 Å². The maximum absolute atomic E-state index is 13.2. The van der Waals surface area contributed by atoms with E-state index in [9.17, 15) is 9.18 Å². The summed E-state index contributed by atoms with van der Waals surface area (Å²) in [5, 5.41) is 0. The quantitative estimate of drug-likeness (QED) is 0.595. The van der Waals surface area contributed by atoms with Gasteiger partial charge < -0.3 is 10.5 Å². The molecule has 0 aliphatic rings. The van der Waals surface area contributed by atoms with E-state index in [-0.39, 0.29) is 11.3 Å². The Kier molecular flexibility index (Phi) is 3.06. The second-order valence-corrected chi connectivity index (χ2v) is 2.82. The van der Waals surface area contributed by atoms with Crippen molar-refractivity contribution >= 4 is 11.5 Å². The molecule has 76 valence electrons. The number of hydrogen-bond acceptors (Lipinski definition) is 3. The minimum absolute atomic E-state index is 0.0688. The number of nitrogen functional groups attached to an aromatic ring is 1. The van der Waals surface area contributed by atoms with E-state index in [1.54, 1.807) is 6.92 Å². The maximum atomic E-state index is 13.2. The van der Waals surface area contributed by atoms with Crippen molar-refractivity contribution in [1.29, 1.82) is 0 Å². The number of hydrogen-bond donors (Lipinski definition) is 1. The van der Waals surface area contributed by atoms with Gasteiger partial charge in [0.05, 0.1) is 17.9 Å². The molecular formula is C10H12FNO2. The molecule has 0 atom stereocenters. The Morgan fingerprint density at radius 3 is 2.71 bits per heavy atom. The number of anilines is 1. The van der Waals surface area contributed by atoms with Gasteiger partial charge in [0, 0.05) is 0 Å². The molecule has 0 amide bonds. The lowest BCUT2D eigenvalue weighted by Gasteiger charge is -2.09. The van der Waals surface area contributed by atoms with E-state index >= 15 is 0 Å². The van der Waals surface area contributed by atoms with Crippen LogP contribution >= 0.6 is 0 Å². The summed E-state index contributed by atoms with van der Waals surface area (Å²) in [5.74, 6) is -0.667. The summed E-state index contributed by atoms with van der Waals surface area (Å²) < 4.78 is 18.3. The van der Waals surface area contributed by atoms with Crippen LogP contribution in [0.15, 0.2) is 12.1 Å². The third-order valence-electron chi connectivity index (χ3n) is 1.81. The van der Waals surface area contributed by atoms with E-state index < -0.39 is 11.6 Å². The van der Waals surface area contributed by atoms with Gasteiger partial charge in [-0.05, 0) is 26.0 Å². The summed E-state index contributed by atoms with van der Waals surface area (Å²) in [5.41, 5.74) is 5.55. The number of ether oxygens (including phenoxy) is 1. The zero-order valence-corrected chi connectivity index (χ0v) is 8.13. The molecule has 0 aliphatic carbocycles. The zero-order chi connectivity index (χ0) is 10.7. The number of halogens is 1. The Balaban J connectivity index is 3.26. The van der Waals surface area contributed by atoms with Crippen molar-refractivity contribution in [2.24, 2.45) is 0 Å². The first-order chi connectivity index (χ1) is 6.57. The summed E-state index contributed by atoms with van der Waals surface area (Å²) in [6.45, 7) is 3.48. The number of carbonyl (C=O) groups excluding carboxylic acids is 1. The molecule has 2 N–H and O–H groups in total. The fourth-order valence-corrected chi connectivity index (χ4v) is 1.21. The summed E-state index contributed by atoms with van der Waals surface area (Å²) >= 11 is 0. The monoisotopic (exact) mass is 197 g/mol. The lowest BCUT2D eigenvalue weighted by molar-refractivity contribution is 0.101. The zero-order valence-electron chi connectivity index (χ0n) is 8.13. The molecule has 0 spiro atoms. The number of nitrogens with two attached hydrogens (primary N) is 1. The van der Waals surface area contributed by atoms with Crippen LogP contribution in [0.4, 0.5) is 10.1 Å². The number of benzene rings is 1. The first-order valence-electron chi connectivity index (χ1n) is 4.29. The van der Waals surface area contributed by atoms with Crippen LogP contribution in [0, 0.1) is 5.82 Å². The van der Waals surface area contributed by atoms with Crippen LogP contribution < -0.4 is 10.5 Å². The van der Waals surface area contributed by atoms with Gasteiger partial charge in [-0.3, -0.25) is 4.79 Å². The van der Waals surface area contributed by atoms with E-state index in [1.807, 2.05) is 0 Å². The highest BCUT2D eigenvalue weighted by Gasteiger charge is 2.15. The van der Waals surface area contributed by atoms with Gasteiger partial charge in [0.15, 0.2) is 5.78 Å². The molecule has 0 aliphatic heterocycles. The van der Waals surface area contributed by atoms with Crippen molar-refractivity contribution in [3.8, 4) is 5.75 Å². The lowest BCUT2D eigenvalue weighted by atomic mass is 10.1. The van der Waals surface area contributed by atoms with Crippen LogP contribution in [0.25, 0.3) is 0 Å². The molecule has 0 radical (unpaired) electrons. The molecule has 4 heteroatoms. The molecule has 1 aromatic rings. The van der Waals surface area contributed by atoms with Crippen molar-refractivity contribution in [1.82, 2.24) is 0 Å². The minimum Gasteiger partial charge on any atom is -0.492 e. The van der Waals surface area contributed by atoms with Gasteiger partial charge in [-0.2, -0.15) is 0 Å². The summed E-state index contributed by atoms with van der Waals surface area (Å²) in [4.78, 5) is 11.1. The average Bonchev–Trinajstić information content (AvgIpc) is 2.10. The Hall–Kier alpha value is -1.58. The Bertz CT molecular complexity index is 363. The minimum atomic E-state index is -0.613. The highest BCUT2D eigenvalue weighted by molar-refractivity contribution is 6.00. The number of rotatable bonds is 3. The third-order valence-corrected chi connectivity index (χ3v) is 1.81. The smallest absolute Gasteiger partial charge is 0.164 e. The van der Waals surface area contributed by atoms with Crippen LogP contribution in [0.1, 0.15) is 24.2 Å². The van der Waals surface area contributed by atoms with E-state index in [0.717, 1.165) is 0 Å². The fourth-order valence-electron chi connectivity index (χ4n) is 1.21. The fraction of sp³-hybridized carbons (Fsp3) is 0.300. The molecular weight excluding hydrogens is 185 g/mol. The predicted octanol–water partition coefficient (Wildman–Crippen LogP) is 2.01. The normalized spacial score (nSPS) is 9.93. The van der Waals surface area contributed by atoms with Crippen LogP contribution in [0.2, 0.25) is 0 Å². The van der Waals surface area contributed by atoms with Crippen molar-refractivity contribution in [3.05, 3.63) is 23.5 Å². The second kappa shape index (κ2) is 4.09. The largest absolute Gasteiger partial charge is 0.492 e. The Morgan fingerprint density at radius 2 is 2.21 bits per heavy atom. The third kappa shape index (κ3) is 1.84. The molecule has 1 aromatic carbocycles. The van der Waals surface area contributed by atoms with Crippen molar-refractivity contribution in [2.75, 3.05) is 12.3 Å². The summed E-state index contributed by atoms with van der Waals surface area (Å²) in [6, 6.07) is 2.60. The number of Topliss-reactive ketones (excluding diaryl/α,β-unsaturated/α-hetero) is 1. The van der Waals surface area contributed by atoms with Crippen LogP contribution in [0.3, 0.4) is 0 Å². The first kappa shape index (κ1) is 10.5. The highest BCUT2D eigenvalue weighted by atomic mass is 19.1. The number of ketones is 1. The van der Waals surface area contributed by atoms with Gasteiger partial charge >= 0.3 is 0 Å². The molecule has 3 nitrogen and oxygen atoms in total. The molecule has 1 rings (SSSR count). The van der Waals surface area contributed by atoms with Gasteiger partial charge in [0.1, 0.15) is 11.6 Å². The number of carbonyl (C=O) groups is 1. The molecule has 14 heavy (non-hydrogen) atoms. The van der Waals surface area contributed by atoms with Crippen LogP contribution in [-0.4, -0.2) is 12.4 Å². The standard InChI is InChI=1S/C10H12FNO2/c1-3-14-8-5-4-7(11)9(6(2)13)10(8)12/h4-5H,3,12H2,1-2H3. The van der Waals surface area contributed by atoms with Gasteiger partial charge in [0.25, 0.3) is 0 Å². The van der Waals surface area contributed by atoms with Crippen molar-refractivity contribution in [3.63, 3.8) is 0 Å². The lowest BCUT2D eigenvalue weighted by Crippen LogP contribution is -2.06. The molecule has 0 aromatic heterocycles. The molecule has 0 bridgehead atoms. The Labute approximate surface area is 81.7 Å². The molecule has 0 saturated heterocycles. The molecule has 0 heterocycles. The van der Waals surface area contributed by atoms with Crippen molar-refractivity contribution < 1.29 is 13.9 Å². The van der Waals surface area contributed by atoms with Crippen molar-refractivity contribution in [2.45, 2.75) is 13.8 Å². The second-order valence-electron chi connectivity index (χ2n) is 2.82. The molecule has 0 unspecified atom stereocenters. The van der Waals surface area contributed by atoms with E-state index in [0.29, 0.717) is 12.4 Å². The van der Waals surface area contributed by atoms with E-state index in [2.05, 4.69) is 0 Å². The predicted molar refractivity (Wildman–Crippen MR) is 52.0 cm³/mol. The Morgan fingerprint density at radius 1 is 1.57 bits per heavy atom. The highest BCUT2D eigenvalue weighted by Crippen LogP contribution is 2.27. The summed E-state index contributed by atoms with van der Waals surface area (Å²) in [6.07, 6.45) is 0. The average molecular weight is 197 g/mol. The molecule has 0 saturated carbocycles. The van der Waals surface area contributed by atoms with E-state index in [1.165, 1.54) is 19.1 Å². The SMILES string of the molecule is CCOc1ccc(F)c(C(C)=O)c1N. The molecule has 0 fully saturated rings.